The molecule has 4 N–H and O–H groups in total. The standard InChI is InChI=1S/C12H20N2/c1-2-10-5-7-11(8-6-10)12(14)4-3-9-13/h5-8,12H,2-4,9,13-14H2,1H3/t12-/m1/s1. The Hall–Kier alpha value is -0.860. The minimum absolute atomic E-state index is 0.143. The minimum Gasteiger partial charge on any atom is -0.330 e. The lowest BCUT2D eigenvalue weighted by atomic mass is 10.0. The third kappa shape index (κ3) is 3.13. The fraction of sp³-hybridized carbons (Fsp3) is 0.500. The van der Waals surface area contributed by atoms with Crippen LogP contribution in [0.25, 0.3) is 0 Å². The van der Waals surface area contributed by atoms with Gasteiger partial charge >= 0.3 is 0 Å². The Kier molecular flexibility index (Phi) is 4.63. The maximum atomic E-state index is 6.02. The van der Waals surface area contributed by atoms with Crippen LogP contribution < -0.4 is 11.5 Å². The number of hydrogen-bond donors (Lipinski definition) is 2. The van der Waals surface area contributed by atoms with Gasteiger partial charge in [0.1, 0.15) is 0 Å². The van der Waals surface area contributed by atoms with E-state index < -0.39 is 0 Å². The molecule has 0 spiro atoms. The number of benzene rings is 1. The molecule has 0 heterocycles. The molecule has 0 bridgehead atoms. The monoisotopic (exact) mass is 192 g/mol. The molecule has 0 unspecified atom stereocenters. The van der Waals surface area contributed by atoms with E-state index in [0.717, 1.165) is 25.8 Å². The summed E-state index contributed by atoms with van der Waals surface area (Å²) in [5.41, 5.74) is 14.0. The van der Waals surface area contributed by atoms with Crippen LogP contribution in [0.2, 0.25) is 0 Å². The van der Waals surface area contributed by atoms with Crippen LogP contribution >= 0.6 is 0 Å². The predicted octanol–water partition coefficient (Wildman–Crippen LogP) is 1.99. The average molecular weight is 192 g/mol. The largest absolute Gasteiger partial charge is 0.330 e. The van der Waals surface area contributed by atoms with Crippen molar-refractivity contribution in [3.05, 3.63) is 35.4 Å². The first-order chi connectivity index (χ1) is 6.77. The summed E-state index contributed by atoms with van der Waals surface area (Å²) >= 11 is 0. The third-order valence-corrected chi connectivity index (χ3v) is 2.54. The van der Waals surface area contributed by atoms with Crippen molar-refractivity contribution in [1.29, 1.82) is 0 Å². The maximum Gasteiger partial charge on any atom is 0.0295 e. The van der Waals surface area contributed by atoms with Crippen molar-refractivity contribution >= 4 is 0 Å². The average Bonchev–Trinajstić information content (AvgIpc) is 2.26. The Bertz CT molecular complexity index is 254. The van der Waals surface area contributed by atoms with Gasteiger partial charge in [-0.25, -0.2) is 0 Å². The van der Waals surface area contributed by atoms with Crippen LogP contribution in [0.4, 0.5) is 0 Å². The summed E-state index contributed by atoms with van der Waals surface area (Å²) in [6.45, 7) is 2.88. The molecule has 1 aromatic rings. The SMILES string of the molecule is CCc1ccc([C@H](N)CCCN)cc1. The second-order valence-electron chi connectivity index (χ2n) is 3.63. The molecule has 1 rings (SSSR count). The van der Waals surface area contributed by atoms with Gasteiger partial charge in [0, 0.05) is 6.04 Å². The van der Waals surface area contributed by atoms with Crippen LogP contribution in [0.15, 0.2) is 24.3 Å². The zero-order valence-corrected chi connectivity index (χ0v) is 8.87. The highest BCUT2D eigenvalue weighted by molar-refractivity contribution is 5.24. The lowest BCUT2D eigenvalue weighted by Gasteiger charge is -2.11. The van der Waals surface area contributed by atoms with Gasteiger partial charge in [0.05, 0.1) is 0 Å². The van der Waals surface area contributed by atoms with E-state index in [1.54, 1.807) is 0 Å². The summed E-state index contributed by atoms with van der Waals surface area (Å²) in [6.07, 6.45) is 3.05. The topological polar surface area (TPSA) is 52.0 Å². The second-order valence-corrected chi connectivity index (χ2v) is 3.63. The maximum absolute atomic E-state index is 6.02. The first-order valence-electron chi connectivity index (χ1n) is 5.32. The molecular weight excluding hydrogens is 172 g/mol. The lowest BCUT2D eigenvalue weighted by Crippen LogP contribution is -2.12. The van der Waals surface area contributed by atoms with E-state index in [1.165, 1.54) is 11.1 Å². The molecule has 0 aromatic heterocycles. The molecule has 1 aromatic carbocycles. The van der Waals surface area contributed by atoms with Crippen molar-refractivity contribution in [3.8, 4) is 0 Å². The van der Waals surface area contributed by atoms with E-state index in [4.69, 9.17) is 11.5 Å². The van der Waals surface area contributed by atoms with E-state index >= 15 is 0 Å². The zero-order valence-electron chi connectivity index (χ0n) is 8.87. The highest BCUT2D eigenvalue weighted by Crippen LogP contribution is 2.16. The molecule has 0 amide bonds. The molecule has 14 heavy (non-hydrogen) atoms. The normalized spacial score (nSPS) is 12.8. The van der Waals surface area contributed by atoms with E-state index in [-0.39, 0.29) is 6.04 Å². The molecule has 0 aliphatic rings. The van der Waals surface area contributed by atoms with E-state index in [2.05, 4.69) is 31.2 Å². The lowest BCUT2D eigenvalue weighted by molar-refractivity contribution is 0.618. The Labute approximate surface area is 86.3 Å². The van der Waals surface area contributed by atoms with Crippen molar-refractivity contribution in [2.45, 2.75) is 32.2 Å². The Morgan fingerprint density at radius 1 is 1.21 bits per heavy atom. The summed E-state index contributed by atoms with van der Waals surface area (Å²) in [5.74, 6) is 0. The highest BCUT2D eigenvalue weighted by atomic mass is 14.6. The first-order valence-corrected chi connectivity index (χ1v) is 5.32. The molecule has 0 saturated carbocycles. The van der Waals surface area contributed by atoms with Crippen LogP contribution in [-0.2, 0) is 6.42 Å². The van der Waals surface area contributed by atoms with E-state index in [0.29, 0.717) is 0 Å². The molecule has 2 heteroatoms. The summed E-state index contributed by atoms with van der Waals surface area (Å²) in [7, 11) is 0. The molecule has 0 radical (unpaired) electrons. The minimum atomic E-state index is 0.143. The van der Waals surface area contributed by atoms with Crippen molar-refractivity contribution in [2.24, 2.45) is 11.5 Å². The smallest absolute Gasteiger partial charge is 0.0295 e. The number of aryl methyl sites for hydroxylation is 1. The summed E-state index contributed by atoms with van der Waals surface area (Å²) < 4.78 is 0. The molecule has 0 saturated heterocycles. The highest BCUT2D eigenvalue weighted by Gasteiger charge is 2.04. The predicted molar refractivity (Wildman–Crippen MR) is 61.0 cm³/mol. The summed E-state index contributed by atoms with van der Waals surface area (Å²) in [5, 5.41) is 0. The quantitative estimate of drug-likeness (QED) is 0.749. The van der Waals surface area contributed by atoms with Crippen LogP contribution in [0.5, 0.6) is 0 Å². The molecule has 2 nitrogen and oxygen atoms in total. The molecule has 0 fully saturated rings. The van der Waals surface area contributed by atoms with Crippen LogP contribution in [0.3, 0.4) is 0 Å². The van der Waals surface area contributed by atoms with Gasteiger partial charge in [-0.05, 0) is 36.9 Å². The van der Waals surface area contributed by atoms with Gasteiger partial charge in [-0.15, -0.1) is 0 Å². The van der Waals surface area contributed by atoms with Gasteiger partial charge < -0.3 is 11.5 Å². The molecular formula is C12H20N2. The summed E-state index contributed by atoms with van der Waals surface area (Å²) in [4.78, 5) is 0. The van der Waals surface area contributed by atoms with Crippen LogP contribution in [-0.4, -0.2) is 6.54 Å². The molecule has 0 aliphatic heterocycles. The Morgan fingerprint density at radius 2 is 1.86 bits per heavy atom. The van der Waals surface area contributed by atoms with Crippen molar-refractivity contribution in [1.82, 2.24) is 0 Å². The molecule has 78 valence electrons. The van der Waals surface area contributed by atoms with E-state index in [1.807, 2.05) is 0 Å². The Morgan fingerprint density at radius 3 is 2.36 bits per heavy atom. The van der Waals surface area contributed by atoms with Gasteiger partial charge in [0.15, 0.2) is 0 Å². The van der Waals surface area contributed by atoms with Crippen molar-refractivity contribution < 1.29 is 0 Å². The fourth-order valence-electron chi connectivity index (χ4n) is 1.50. The van der Waals surface area contributed by atoms with E-state index in [9.17, 15) is 0 Å². The third-order valence-electron chi connectivity index (χ3n) is 2.54. The van der Waals surface area contributed by atoms with Crippen LogP contribution in [0.1, 0.15) is 36.9 Å². The zero-order chi connectivity index (χ0) is 10.4. The van der Waals surface area contributed by atoms with Gasteiger partial charge in [-0.1, -0.05) is 31.2 Å². The van der Waals surface area contributed by atoms with Gasteiger partial charge in [-0.2, -0.15) is 0 Å². The second kappa shape index (κ2) is 5.78. The fourth-order valence-corrected chi connectivity index (χ4v) is 1.50. The van der Waals surface area contributed by atoms with Crippen LogP contribution in [0, 0.1) is 0 Å². The number of rotatable bonds is 5. The van der Waals surface area contributed by atoms with Gasteiger partial charge in [0.2, 0.25) is 0 Å². The molecule has 0 aliphatic carbocycles. The number of nitrogens with two attached hydrogens (primary N) is 2. The van der Waals surface area contributed by atoms with Crippen molar-refractivity contribution in [2.75, 3.05) is 6.54 Å². The van der Waals surface area contributed by atoms with Gasteiger partial charge in [-0.3, -0.25) is 0 Å². The summed E-state index contributed by atoms with van der Waals surface area (Å²) in [6, 6.07) is 8.69. The number of hydrogen-bond acceptors (Lipinski definition) is 2. The Balaban J connectivity index is 2.57. The van der Waals surface area contributed by atoms with Gasteiger partial charge in [0.25, 0.3) is 0 Å². The molecule has 1 atom stereocenters. The van der Waals surface area contributed by atoms with Crippen molar-refractivity contribution in [3.63, 3.8) is 0 Å². The first kappa shape index (κ1) is 11.2.